The zero-order valence-electron chi connectivity index (χ0n) is 18.8. The number of ether oxygens (including phenoxy) is 1. The Morgan fingerprint density at radius 3 is 2.62 bits per heavy atom. The van der Waals surface area contributed by atoms with Gasteiger partial charge in [-0.1, -0.05) is 59.3 Å². The predicted octanol–water partition coefficient (Wildman–Crippen LogP) is 4.93. The average molecular weight is 456 g/mol. The second-order valence-electron chi connectivity index (χ2n) is 8.45. The third kappa shape index (κ3) is 5.75. The third-order valence-corrected chi connectivity index (χ3v) is 6.22. The van der Waals surface area contributed by atoms with Crippen LogP contribution >= 0.6 is 11.6 Å². The Bertz CT molecular complexity index is 1030. The minimum atomic E-state index is -0.809. The van der Waals surface area contributed by atoms with E-state index in [2.05, 4.69) is 10.3 Å². The summed E-state index contributed by atoms with van der Waals surface area (Å²) in [7, 11) is 0. The van der Waals surface area contributed by atoms with Gasteiger partial charge >= 0.3 is 5.97 Å². The SMILES string of the molecule is CCn1cc(CCC(c2ccc(Cl)c(CO)c2)C(C)(C)C(=O)OCc2ccccc2)nn1. The topological polar surface area (TPSA) is 77.2 Å². The van der Waals surface area contributed by atoms with Crippen LogP contribution in [0.4, 0.5) is 0 Å². The fourth-order valence-corrected chi connectivity index (χ4v) is 4.01. The van der Waals surface area contributed by atoms with Crippen LogP contribution in [-0.2, 0) is 35.7 Å². The molecule has 1 atom stereocenters. The van der Waals surface area contributed by atoms with Crippen molar-refractivity contribution in [1.29, 1.82) is 0 Å². The van der Waals surface area contributed by atoms with Crippen LogP contribution in [0.1, 0.15) is 55.5 Å². The Labute approximate surface area is 194 Å². The molecule has 2 aromatic carbocycles. The van der Waals surface area contributed by atoms with Crippen molar-refractivity contribution in [1.82, 2.24) is 15.0 Å². The van der Waals surface area contributed by atoms with Gasteiger partial charge in [0.15, 0.2) is 0 Å². The van der Waals surface area contributed by atoms with Crippen molar-refractivity contribution in [2.24, 2.45) is 5.41 Å². The Hall–Kier alpha value is -2.70. The van der Waals surface area contributed by atoms with E-state index in [9.17, 15) is 9.90 Å². The lowest BCUT2D eigenvalue weighted by atomic mass is 9.72. The van der Waals surface area contributed by atoms with Gasteiger partial charge in [-0.15, -0.1) is 5.10 Å². The van der Waals surface area contributed by atoms with Gasteiger partial charge in [-0.05, 0) is 62.3 Å². The van der Waals surface area contributed by atoms with Crippen molar-refractivity contribution in [3.63, 3.8) is 0 Å². The molecule has 3 aromatic rings. The first-order valence-corrected chi connectivity index (χ1v) is 11.2. The summed E-state index contributed by atoms with van der Waals surface area (Å²) in [5.74, 6) is -0.441. The smallest absolute Gasteiger partial charge is 0.312 e. The molecule has 1 unspecified atom stereocenters. The van der Waals surface area contributed by atoms with Gasteiger partial charge in [0.25, 0.3) is 0 Å². The third-order valence-electron chi connectivity index (χ3n) is 5.85. The predicted molar refractivity (Wildman–Crippen MR) is 124 cm³/mol. The summed E-state index contributed by atoms with van der Waals surface area (Å²) in [5, 5.41) is 18.5. The normalized spacial score (nSPS) is 12.5. The van der Waals surface area contributed by atoms with E-state index in [1.165, 1.54) is 0 Å². The van der Waals surface area contributed by atoms with E-state index in [0.717, 1.165) is 23.4 Å². The Kier molecular flexibility index (Phi) is 8.04. The highest BCUT2D eigenvalue weighted by Gasteiger charge is 2.39. The summed E-state index contributed by atoms with van der Waals surface area (Å²) in [5.41, 5.74) is 2.58. The number of rotatable bonds is 10. The second kappa shape index (κ2) is 10.7. The second-order valence-corrected chi connectivity index (χ2v) is 8.86. The molecule has 1 aromatic heterocycles. The van der Waals surface area contributed by atoms with E-state index >= 15 is 0 Å². The summed E-state index contributed by atoms with van der Waals surface area (Å²) < 4.78 is 7.49. The zero-order chi connectivity index (χ0) is 23.1. The van der Waals surface area contributed by atoms with Crippen LogP contribution in [0.2, 0.25) is 5.02 Å². The maximum absolute atomic E-state index is 13.2. The number of halogens is 1. The number of aryl methyl sites for hydroxylation is 2. The van der Waals surface area contributed by atoms with Crippen LogP contribution in [-0.4, -0.2) is 26.1 Å². The van der Waals surface area contributed by atoms with Crippen molar-refractivity contribution >= 4 is 17.6 Å². The number of benzene rings is 2. The van der Waals surface area contributed by atoms with Crippen molar-refractivity contribution in [2.75, 3.05) is 0 Å². The number of esters is 1. The van der Waals surface area contributed by atoms with E-state index < -0.39 is 5.41 Å². The molecule has 170 valence electrons. The molecule has 32 heavy (non-hydrogen) atoms. The number of aromatic nitrogens is 3. The summed E-state index contributed by atoms with van der Waals surface area (Å²) >= 11 is 6.21. The van der Waals surface area contributed by atoms with Gasteiger partial charge in [-0.25, -0.2) is 0 Å². The first-order valence-electron chi connectivity index (χ1n) is 10.8. The van der Waals surface area contributed by atoms with Crippen molar-refractivity contribution < 1.29 is 14.6 Å². The summed E-state index contributed by atoms with van der Waals surface area (Å²) in [6, 6.07) is 15.2. The Morgan fingerprint density at radius 2 is 1.97 bits per heavy atom. The van der Waals surface area contributed by atoms with Gasteiger partial charge in [0.05, 0.1) is 17.7 Å². The van der Waals surface area contributed by atoms with Gasteiger partial charge in [-0.3, -0.25) is 9.48 Å². The Morgan fingerprint density at radius 1 is 1.22 bits per heavy atom. The van der Waals surface area contributed by atoms with Gasteiger partial charge in [0.1, 0.15) is 6.61 Å². The largest absolute Gasteiger partial charge is 0.460 e. The maximum atomic E-state index is 13.2. The zero-order valence-corrected chi connectivity index (χ0v) is 19.5. The Balaban J connectivity index is 1.84. The molecule has 0 bridgehead atoms. The molecular weight excluding hydrogens is 426 g/mol. The highest BCUT2D eigenvalue weighted by molar-refractivity contribution is 6.31. The molecule has 0 spiro atoms. The number of nitrogens with zero attached hydrogens (tertiary/aromatic N) is 3. The molecule has 0 saturated carbocycles. The highest BCUT2D eigenvalue weighted by Crippen LogP contribution is 2.41. The van der Waals surface area contributed by atoms with Crippen LogP contribution in [0.3, 0.4) is 0 Å². The number of carbonyl (C=O) groups excluding carboxylic acids is 1. The van der Waals surface area contributed by atoms with Crippen LogP contribution in [0, 0.1) is 5.41 Å². The lowest BCUT2D eigenvalue weighted by Crippen LogP contribution is -2.33. The summed E-state index contributed by atoms with van der Waals surface area (Å²) in [6.45, 7) is 6.64. The summed E-state index contributed by atoms with van der Waals surface area (Å²) in [6.07, 6.45) is 3.26. The molecule has 3 rings (SSSR count). The van der Waals surface area contributed by atoms with E-state index in [-0.39, 0.29) is 25.1 Å². The van der Waals surface area contributed by atoms with Crippen molar-refractivity contribution in [3.8, 4) is 0 Å². The molecule has 0 amide bonds. The molecule has 0 fully saturated rings. The van der Waals surface area contributed by atoms with Gasteiger partial charge < -0.3 is 9.84 Å². The summed E-state index contributed by atoms with van der Waals surface area (Å²) in [4.78, 5) is 13.2. The van der Waals surface area contributed by atoms with Crippen LogP contribution in [0.25, 0.3) is 0 Å². The quantitative estimate of drug-likeness (QED) is 0.438. The highest BCUT2D eigenvalue weighted by atomic mass is 35.5. The van der Waals surface area contributed by atoms with E-state index in [1.54, 1.807) is 10.7 Å². The molecule has 0 aliphatic carbocycles. The van der Waals surface area contributed by atoms with Crippen LogP contribution in [0.15, 0.2) is 54.7 Å². The molecule has 0 radical (unpaired) electrons. The number of carbonyl (C=O) groups is 1. The van der Waals surface area contributed by atoms with Gasteiger partial charge in [-0.2, -0.15) is 0 Å². The molecule has 6 nitrogen and oxygen atoms in total. The monoisotopic (exact) mass is 455 g/mol. The van der Waals surface area contributed by atoms with Gasteiger partial charge in [0, 0.05) is 17.8 Å². The molecular formula is C25H30ClN3O3. The minimum Gasteiger partial charge on any atom is -0.460 e. The van der Waals surface area contributed by atoms with E-state index in [0.29, 0.717) is 23.4 Å². The van der Waals surface area contributed by atoms with E-state index in [4.69, 9.17) is 16.3 Å². The molecule has 1 N–H and O–H groups in total. The molecule has 0 aliphatic rings. The van der Waals surface area contributed by atoms with E-state index in [1.807, 2.05) is 69.4 Å². The van der Waals surface area contributed by atoms with Crippen molar-refractivity contribution in [3.05, 3.63) is 82.1 Å². The first kappa shape index (κ1) is 24.0. The fraction of sp³-hybridized carbons (Fsp3) is 0.400. The standard InChI is InChI=1S/C25H30ClN3O3/c1-4-29-15-21(27-28-29)11-12-22(19-10-13-23(26)20(14-19)16-30)25(2,3)24(31)32-17-18-8-6-5-7-9-18/h5-10,13-15,22,30H,4,11-12,16-17H2,1-3H3. The number of aliphatic hydroxyl groups excluding tert-OH is 1. The number of aliphatic hydroxyl groups is 1. The van der Waals surface area contributed by atoms with Crippen molar-refractivity contribution in [2.45, 2.75) is 59.3 Å². The fourth-order valence-electron chi connectivity index (χ4n) is 3.83. The number of hydrogen-bond donors (Lipinski definition) is 1. The molecule has 0 aliphatic heterocycles. The first-order chi connectivity index (χ1) is 15.3. The molecule has 0 saturated heterocycles. The molecule has 7 heteroatoms. The average Bonchev–Trinajstić information content (AvgIpc) is 3.27. The van der Waals surface area contributed by atoms with Crippen LogP contribution in [0.5, 0.6) is 0 Å². The maximum Gasteiger partial charge on any atom is 0.312 e. The van der Waals surface area contributed by atoms with Gasteiger partial charge in [0.2, 0.25) is 0 Å². The minimum absolute atomic E-state index is 0.164. The van der Waals surface area contributed by atoms with Crippen LogP contribution < -0.4 is 0 Å². The number of hydrogen-bond acceptors (Lipinski definition) is 5. The lowest BCUT2D eigenvalue weighted by Gasteiger charge is -2.33. The molecule has 1 heterocycles. The lowest BCUT2D eigenvalue weighted by molar-refractivity contribution is -0.156.